The Morgan fingerprint density at radius 1 is 1.17 bits per heavy atom. The molecule has 184 valence electrons. The highest BCUT2D eigenvalue weighted by Crippen LogP contribution is 2.26. The Bertz CT molecular complexity index is 1140. The van der Waals surface area contributed by atoms with Gasteiger partial charge in [-0.2, -0.15) is 4.99 Å². The van der Waals surface area contributed by atoms with E-state index in [1.807, 2.05) is 43.3 Å². The molecular formula is C26H31ClN6O2. The van der Waals surface area contributed by atoms with Crippen LogP contribution in [-0.2, 0) is 0 Å². The number of amidine groups is 1. The van der Waals surface area contributed by atoms with Crippen LogP contribution in [0.1, 0.15) is 37.0 Å². The summed E-state index contributed by atoms with van der Waals surface area (Å²) in [6.45, 7) is 7.99. The number of allylic oxidation sites excluding steroid dienone is 1. The number of carbonyl (C=O) groups excluding carboxylic acids is 1. The van der Waals surface area contributed by atoms with Crippen LogP contribution in [0.25, 0.3) is 0 Å². The van der Waals surface area contributed by atoms with Crippen molar-refractivity contribution in [2.24, 2.45) is 15.9 Å². The maximum atomic E-state index is 12.6. The molecule has 1 aromatic heterocycles. The maximum Gasteiger partial charge on any atom is 0.257 e. The van der Waals surface area contributed by atoms with Crippen LogP contribution < -0.4 is 10.1 Å². The van der Waals surface area contributed by atoms with Crippen molar-refractivity contribution in [2.75, 3.05) is 38.5 Å². The molecule has 0 bridgehead atoms. The zero-order valence-corrected chi connectivity index (χ0v) is 21.1. The first-order valence-electron chi connectivity index (χ1n) is 11.9. The predicted molar refractivity (Wildman–Crippen MR) is 140 cm³/mol. The Morgan fingerprint density at radius 2 is 1.91 bits per heavy atom. The Morgan fingerprint density at radius 3 is 2.60 bits per heavy atom. The fraction of sp³-hybridized carbons (Fsp3) is 0.385. The minimum atomic E-state index is -0.296. The number of aromatic nitrogens is 1. The molecule has 2 aliphatic rings. The van der Waals surface area contributed by atoms with E-state index < -0.39 is 0 Å². The van der Waals surface area contributed by atoms with E-state index in [0.717, 1.165) is 44.9 Å². The smallest absolute Gasteiger partial charge is 0.257 e. The summed E-state index contributed by atoms with van der Waals surface area (Å²) in [5.41, 5.74) is 1.04. The minimum Gasteiger partial charge on any atom is -0.423 e. The molecule has 1 N–H and O–H groups in total. The van der Waals surface area contributed by atoms with Gasteiger partial charge in [-0.25, -0.2) is 9.98 Å². The molecule has 2 aromatic rings. The molecule has 0 saturated carbocycles. The number of anilines is 1. The van der Waals surface area contributed by atoms with Crippen LogP contribution in [0.2, 0.25) is 5.02 Å². The molecule has 2 aliphatic heterocycles. The summed E-state index contributed by atoms with van der Waals surface area (Å²) in [4.78, 5) is 31.1. The monoisotopic (exact) mass is 494 g/mol. The fourth-order valence-corrected chi connectivity index (χ4v) is 4.10. The van der Waals surface area contributed by atoms with Crippen LogP contribution in [0, 0.1) is 5.92 Å². The number of carbonyl (C=O) groups is 1. The number of piperazine rings is 1. The lowest BCUT2D eigenvalue weighted by atomic mass is 10.0. The third kappa shape index (κ3) is 6.46. The predicted octanol–water partition coefficient (Wildman–Crippen LogP) is 4.70. The van der Waals surface area contributed by atoms with Crippen LogP contribution in [0.4, 0.5) is 5.69 Å². The fourth-order valence-electron chi connectivity index (χ4n) is 3.90. The summed E-state index contributed by atoms with van der Waals surface area (Å²) >= 11 is 6.45. The molecule has 1 fully saturated rings. The summed E-state index contributed by atoms with van der Waals surface area (Å²) in [5, 5.41) is 3.07. The van der Waals surface area contributed by atoms with Gasteiger partial charge in [-0.3, -0.25) is 4.79 Å². The van der Waals surface area contributed by atoms with Gasteiger partial charge in [0.25, 0.3) is 5.91 Å². The summed E-state index contributed by atoms with van der Waals surface area (Å²) in [6, 6.07) is 10.8. The van der Waals surface area contributed by atoms with E-state index in [0.29, 0.717) is 23.0 Å². The Hall–Kier alpha value is -3.23. The van der Waals surface area contributed by atoms with Gasteiger partial charge in [-0.15, -0.1) is 0 Å². The van der Waals surface area contributed by atoms with Gasteiger partial charge < -0.3 is 19.9 Å². The number of amides is 1. The number of aliphatic imine (C=N–C) groups is 2. The van der Waals surface area contributed by atoms with E-state index in [4.69, 9.17) is 26.3 Å². The summed E-state index contributed by atoms with van der Waals surface area (Å²) < 4.78 is 6.06. The average Bonchev–Trinajstić information content (AvgIpc) is 2.86. The molecular weight excluding hydrogens is 464 g/mol. The number of ether oxygens (including phenoxy) is 1. The third-order valence-corrected chi connectivity index (χ3v) is 6.39. The Labute approximate surface area is 211 Å². The molecule has 1 atom stereocenters. The highest BCUT2D eigenvalue weighted by molar-refractivity contribution is 6.32. The molecule has 0 radical (unpaired) electrons. The van der Waals surface area contributed by atoms with Crippen LogP contribution in [0.5, 0.6) is 5.88 Å². The maximum absolute atomic E-state index is 12.6. The molecule has 1 aromatic carbocycles. The Balaban J connectivity index is 1.49. The molecule has 1 unspecified atom stereocenters. The van der Waals surface area contributed by atoms with Crippen molar-refractivity contribution in [3.63, 3.8) is 0 Å². The van der Waals surface area contributed by atoms with Crippen molar-refractivity contribution in [1.82, 2.24) is 14.8 Å². The second-order valence-corrected chi connectivity index (χ2v) is 9.20. The first-order valence-corrected chi connectivity index (χ1v) is 12.3. The van der Waals surface area contributed by atoms with Gasteiger partial charge in [0.2, 0.25) is 11.8 Å². The quantitative estimate of drug-likeness (QED) is 0.668. The molecule has 9 heteroatoms. The van der Waals surface area contributed by atoms with E-state index in [1.165, 1.54) is 6.20 Å². The molecule has 0 spiro atoms. The van der Waals surface area contributed by atoms with Crippen LogP contribution >= 0.6 is 11.6 Å². The third-order valence-electron chi connectivity index (χ3n) is 6.12. The topological polar surface area (TPSA) is 82.4 Å². The number of nitrogens with one attached hydrogen (secondary N) is 1. The average molecular weight is 495 g/mol. The van der Waals surface area contributed by atoms with Crippen molar-refractivity contribution in [3.8, 4) is 5.88 Å². The summed E-state index contributed by atoms with van der Waals surface area (Å²) in [7, 11) is 2.14. The van der Waals surface area contributed by atoms with Gasteiger partial charge in [0.05, 0.1) is 5.56 Å². The van der Waals surface area contributed by atoms with Gasteiger partial charge >= 0.3 is 0 Å². The van der Waals surface area contributed by atoms with Gasteiger partial charge in [0.15, 0.2) is 5.82 Å². The van der Waals surface area contributed by atoms with Gasteiger partial charge in [0.1, 0.15) is 10.9 Å². The zero-order valence-electron chi connectivity index (χ0n) is 20.4. The standard InChI is InChI=1S/C26H31ClN6O2/c1-4-22-30-23(33-14-12-32(3)13-15-33)11-10-18(2)25(31-22)35-26-21(27)16-19(17-28-26)24(34)29-20-8-6-5-7-9-20/h4-9,16-18H,10-15H2,1-3H3,(H,29,34)/b22-4+,30-23?,31-25?. The normalized spacial score (nSPS) is 20.5. The van der Waals surface area contributed by atoms with E-state index in [-0.39, 0.29) is 22.7 Å². The van der Waals surface area contributed by atoms with Crippen molar-refractivity contribution in [3.05, 3.63) is 65.1 Å². The van der Waals surface area contributed by atoms with E-state index in [9.17, 15) is 4.79 Å². The molecule has 1 amide bonds. The number of nitrogens with zero attached hydrogens (tertiary/aromatic N) is 5. The number of hydrogen-bond donors (Lipinski definition) is 1. The number of halogens is 1. The SMILES string of the molecule is C/C=C1/N=C(Oc2ncc(C(=O)Nc3ccccc3)cc2Cl)C(C)CCC(N2CCN(C)CC2)=N1. The van der Waals surface area contributed by atoms with E-state index in [1.54, 1.807) is 6.07 Å². The van der Waals surface area contributed by atoms with Crippen LogP contribution in [0.15, 0.2) is 64.5 Å². The molecule has 4 rings (SSSR count). The minimum absolute atomic E-state index is 0.0434. The van der Waals surface area contributed by atoms with E-state index in [2.05, 4.69) is 34.1 Å². The zero-order chi connectivity index (χ0) is 24.8. The van der Waals surface area contributed by atoms with Gasteiger partial charge in [-0.05, 0) is 44.7 Å². The highest BCUT2D eigenvalue weighted by Gasteiger charge is 2.24. The Kier molecular flexibility index (Phi) is 8.15. The van der Waals surface area contributed by atoms with E-state index >= 15 is 0 Å². The lowest BCUT2D eigenvalue weighted by Crippen LogP contribution is -2.47. The van der Waals surface area contributed by atoms with Crippen molar-refractivity contribution >= 4 is 34.9 Å². The first kappa shape index (κ1) is 24.9. The molecule has 1 saturated heterocycles. The summed E-state index contributed by atoms with van der Waals surface area (Å²) in [5.74, 6) is 2.15. The van der Waals surface area contributed by atoms with Crippen molar-refractivity contribution < 1.29 is 9.53 Å². The first-order chi connectivity index (χ1) is 16.9. The number of rotatable bonds is 3. The van der Waals surface area contributed by atoms with Crippen LogP contribution in [-0.4, -0.2) is 65.7 Å². The van der Waals surface area contributed by atoms with Crippen molar-refractivity contribution in [2.45, 2.75) is 26.7 Å². The highest BCUT2D eigenvalue weighted by atomic mass is 35.5. The molecule has 8 nitrogen and oxygen atoms in total. The second-order valence-electron chi connectivity index (χ2n) is 8.79. The van der Waals surface area contributed by atoms with Gasteiger partial charge in [0, 0.05) is 50.4 Å². The molecule has 3 heterocycles. The second kappa shape index (κ2) is 11.5. The number of para-hydroxylation sites is 1. The number of pyridine rings is 1. The largest absolute Gasteiger partial charge is 0.423 e. The lowest BCUT2D eigenvalue weighted by molar-refractivity contribution is 0.102. The number of benzene rings is 1. The van der Waals surface area contributed by atoms with Crippen molar-refractivity contribution in [1.29, 1.82) is 0 Å². The molecule has 0 aliphatic carbocycles. The molecule has 35 heavy (non-hydrogen) atoms. The number of likely N-dealkylation sites (N-methyl/N-ethyl adjacent to an activating group) is 1. The van der Waals surface area contributed by atoms with Crippen LogP contribution in [0.3, 0.4) is 0 Å². The van der Waals surface area contributed by atoms with Gasteiger partial charge in [-0.1, -0.05) is 36.7 Å². The lowest BCUT2D eigenvalue weighted by Gasteiger charge is -2.35. The summed E-state index contributed by atoms with van der Waals surface area (Å²) in [6.07, 6.45) is 5.01. The number of hydrogen-bond acceptors (Lipinski definition) is 7.